The third-order valence-corrected chi connectivity index (χ3v) is 5.54. The van der Waals surface area contributed by atoms with E-state index in [1.165, 1.54) is 16.7 Å². The van der Waals surface area contributed by atoms with Crippen molar-refractivity contribution >= 4 is 40.3 Å². The van der Waals surface area contributed by atoms with Gasteiger partial charge in [0.15, 0.2) is 5.16 Å². The molecule has 0 unspecified atom stereocenters. The molecule has 2 amide bonds. The van der Waals surface area contributed by atoms with E-state index in [0.717, 1.165) is 12.8 Å². The molecule has 1 saturated heterocycles. The Hall–Kier alpha value is -2.68. The normalized spacial score (nSPS) is 14.6. The molecule has 9 heteroatoms. The van der Waals surface area contributed by atoms with Crippen molar-refractivity contribution in [1.29, 1.82) is 0 Å². The van der Waals surface area contributed by atoms with Gasteiger partial charge in [-0.05, 0) is 25.0 Å². The zero-order valence-electron chi connectivity index (χ0n) is 14.9. The Morgan fingerprint density at radius 3 is 2.78 bits per heavy atom. The third-order valence-electron chi connectivity index (χ3n) is 4.62. The molecule has 0 spiro atoms. The van der Waals surface area contributed by atoms with Crippen molar-refractivity contribution in [2.24, 2.45) is 0 Å². The van der Waals surface area contributed by atoms with Crippen molar-refractivity contribution in [3.8, 4) is 0 Å². The second-order valence-corrected chi connectivity index (χ2v) is 7.37. The zero-order valence-corrected chi connectivity index (χ0v) is 15.7. The van der Waals surface area contributed by atoms with Gasteiger partial charge in [0.2, 0.25) is 17.6 Å². The molecule has 1 aliphatic heterocycles. The van der Waals surface area contributed by atoms with Crippen molar-refractivity contribution in [3.63, 3.8) is 0 Å². The SMILES string of the molecule is CCCn1c(=O)c2ccccc2n2c(SCC(=O)N3CCCC3=O)nnc12. The van der Waals surface area contributed by atoms with Crippen LogP contribution in [-0.2, 0) is 16.1 Å². The van der Waals surface area contributed by atoms with Crippen LogP contribution in [0.5, 0.6) is 0 Å². The molecule has 1 aromatic carbocycles. The molecule has 0 aliphatic carbocycles. The number of nitrogens with zero attached hydrogens (tertiary/aromatic N) is 5. The summed E-state index contributed by atoms with van der Waals surface area (Å²) >= 11 is 1.23. The lowest BCUT2D eigenvalue weighted by molar-refractivity contribution is -0.140. The van der Waals surface area contributed by atoms with Gasteiger partial charge < -0.3 is 0 Å². The molecule has 3 aromatic rings. The predicted molar refractivity (Wildman–Crippen MR) is 102 cm³/mol. The summed E-state index contributed by atoms with van der Waals surface area (Å²) in [5.41, 5.74) is 0.615. The van der Waals surface area contributed by atoms with E-state index in [9.17, 15) is 14.4 Å². The minimum absolute atomic E-state index is 0.0948. The fourth-order valence-corrected chi connectivity index (χ4v) is 4.18. The minimum Gasteiger partial charge on any atom is -0.282 e. The van der Waals surface area contributed by atoms with E-state index in [0.29, 0.717) is 41.3 Å². The van der Waals surface area contributed by atoms with Crippen molar-refractivity contribution in [1.82, 2.24) is 24.1 Å². The molecule has 0 saturated carbocycles. The monoisotopic (exact) mass is 385 g/mol. The molecule has 0 N–H and O–H groups in total. The third kappa shape index (κ3) is 3.01. The van der Waals surface area contributed by atoms with Crippen LogP contribution in [-0.4, -0.2) is 48.2 Å². The van der Waals surface area contributed by atoms with Gasteiger partial charge in [0.05, 0.1) is 16.7 Å². The van der Waals surface area contributed by atoms with Gasteiger partial charge in [-0.15, -0.1) is 10.2 Å². The number of fused-ring (bicyclic) bond motifs is 3. The van der Waals surface area contributed by atoms with Crippen molar-refractivity contribution in [2.75, 3.05) is 12.3 Å². The van der Waals surface area contributed by atoms with E-state index in [1.54, 1.807) is 10.6 Å². The number of likely N-dealkylation sites (tertiary alicyclic amines) is 1. The second-order valence-electron chi connectivity index (χ2n) is 6.42. The Morgan fingerprint density at radius 2 is 2.04 bits per heavy atom. The Kier molecular flexibility index (Phi) is 4.69. The Bertz CT molecular complexity index is 1100. The van der Waals surface area contributed by atoms with Gasteiger partial charge in [-0.25, -0.2) is 0 Å². The van der Waals surface area contributed by atoms with Gasteiger partial charge >= 0.3 is 0 Å². The predicted octanol–water partition coefficient (Wildman–Crippen LogP) is 1.70. The first-order valence-electron chi connectivity index (χ1n) is 8.94. The van der Waals surface area contributed by atoms with Gasteiger partial charge in [0.1, 0.15) is 0 Å². The summed E-state index contributed by atoms with van der Waals surface area (Å²) in [4.78, 5) is 38.2. The average molecular weight is 385 g/mol. The molecule has 4 rings (SSSR count). The fourth-order valence-electron chi connectivity index (χ4n) is 3.37. The highest BCUT2D eigenvalue weighted by Crippen LogP contribution is 2.22. The van der Waals surface area contributed by atoms with Crippen LogP contribution >= 0.6 is 11.8 Å². The largest absolute Gasteiger partial charge is 0.282 e. The van der Waals surface area contributed by atoms with E-state index in [4.69, 9.17) is 0 Å². The van der Waals surface area contributed by atoms with Gasteiger partial charge in [-0.2, -0.15) is 0 Å². The van der Waals surface area contributed by atoms with Gasteiger partial charge in [0.25, 0.3) is 5.56 Å². The minimum atomic E-state index is -0.217. The molecule has 8 nitrogen and oxygen atoms in total. The van der Waals surface area contributed by atoms with Gasteiger partial charge in [-0.1, -0.05) is 30.8 Å². The smallest absolute Gasteiger partial charge is 0.262 e. The Labute approximate surface area is 159 Å². The standard InChI is InChI=1S/C18H19N5O3S/c1-2-9-22-16(26)12-6-3-4-7-13(12)23-17(22)19-20-18(23)27-11-15(25)21-10-5-8-14(21)24/h3-4,6-7H,2,5,8-11H2,1H3. The summed E-state index contributed by atoms with van der Waals surface area (Å²) in [6.45, 7) is 3.02. The Balaban J connectivity index is 1.75. The van der Waals surface area contributed by atoms with Crippen LogP contribution in [0.2, 0.25) is 0 Å². The highest BCUT2D eigenvalue weighted by molar-refractivity contribution is 7.99. The number of thioether (sulfide) groups is 1. The maximum Gasteiger partial charge on any atom is 0.262 e. The number of para-hydroxylation sites is 1. The molecule has 2 aromatic heterocycles. The molecule has 3 heterocycles. The van der Waals surface area contributed by atoms with Gasteiger partial charge in [-0.3, -0.25) is 28.3 Å². The van der Waals surface area contributed by atoms with Crippen LogP contribution < -0.4 is 5.56 Å². The number of amides is 2. The lowest BCUT2D eigenvalue weighted by atomic mass is 10.2. The molecule has 0 bridgehead atoms. The molecule has 27 heavy (non-hydrogen) atoms. The summed E-state index contributed by atoms with van der Waals surface area (Å²) in [5, 5.41) is 9.53. The highest BCUT2D eigenvalue weighted by atomic mass is 32.2. The van der Waals surface area contributed by atoms with Crippen molar-refractivity contribution < 1.29 is 9.59 Å². The summed E-state index contributed by atoms with van der Waals surface area (Å²) in [5.74, 6) is 0.237. The molecular weight excluding hydrogens is 366 g/mol. The van der Waals surface area contributed by atoms with Crippen LogP contribution in [0.3, 0.4) is 0 Å². The highest BCUT2D eigenvalue weighted by Gasteiger charge is 2.27. The molecule has 0 radical (unpaired) electrons. The first-order valence-corrected chi connectivity index (χ1v) is 9.93. The molecule has 1 fully saturated rings. The summed E-state index contributed by atoms with van der Waals surface area (Å²) in [6, 6.07) is 7.31. The number of hydrogen-bond acceptors (Lipinski definition) is 6. The van der Waals surface area contributed by atoms with Crippen molar-refractivity contribution in [2.45, 2.75) is 37.9 Å². The van der Waals surface area contributed by atoms with Crippen LogP contribution in [0.15, 0.2) is 34.2 Å². The summed E-state index contributed by atoms with van der Waals surface area (Å²) in [7, 11) is 0. The molecule has 0 atom stereocenters. The van der Waals surface area contributed by atoms with E-state index in [1.807, 2.05) is 29.5 Å². The molecule has 140 valence electrons. The van der Waals surface area contributed by atoms with E-state index >= 15 is 0 Å². The quantitative estimate of drug-likeness (QED) is 0.621. The number of carbonyl (C=O) groups is 2. The number of aryl methyl sites for hydroxylation is 1. The van der Waals surface area contributed by atoms with Gasteiger partial charge in [0, 0.05) is 19.5 Å². The summed E-state index contributed by atoms with van der Waals surface area (Å²) in [6.07, 6.45) is 1.94. The van der Waals surface area contributed by atoms with E-state index < -0.39 is 0 Å². The topological polar surface area (TPSA) is 89.6 Å². The number of carbonyl (C=O) groups excluding carboxylic acids is 2. The summed E-state index contributed by atoms with van der Waals surface area (Å²) < 4.78 is 3.43. The van der Waals surface area contributed by atoms with E-state index in [-0.39, 0.29) is 23.1 Å². The Morgan fingerprint density at radius 1 is 1.22 bits per heavy atom. The maximum atomic E-state index is 12.8. The lowest BCUT2D eigenvalue weighted by Gasteiger charge is -2.13. The fraction of sp³-hybridized carbons (Fsp3) is 0.389. The number of imide groups is 1. The molecule has 1 aliphatic rings. The number of hydrogen-bond donors (Lipinski definition) is 0. The first-order chi connectivity index (χ1) is 13.1. The number of aromatic nitrogens is 4. The maximum absolute atomic E-state index is 12.8. The number of benzene rings is 1. The second kappa shape index (κ2) is 7.15. The lowest BCUT2D eigenvalue weighted by Crippen LogP contribution is -2.33. The average Bonchev–Trinajstić information content (AvgIpc) is 3.29. The number of rotatable bonds is 5. The van der Waals surface area contributed by atoms with Crippen molar-refractivity contribution in [3.05, 3.63) is 34.6 Å². The van der Waals surface area contributed by atoms with Crippen LogP contribution in [0.4, 0.5) is 0 Å². The molecular formula is C18H19N5O3S. The first kappa shape index (κ1) is 17.7. The zero-order chi connectivity index (χ0) is 19.0. The van der Waals surface area contributed by atoms with E-state index in [2.05, 4.69) is 10.2 Å². The van der Waals surface area contributed by atoms with Crippen LogP contribution in [0.25, 0.3) is 16.7 Å². The van der Waals surface area contributed by atoms with Crippen LogP contribution in [0.1, 0.15) is 26.2 Å². The van der Waals surface area contributed by atoms with Crippen LogP contribution in [0, 0.1) is 0 Å².